The lowest BCUT2D eigenvalue weighted by atomic mass is 9.88. The summed E-state index contributed by atoms with van der Waals surface area (Å²) in [6.07, 6.45) is 0.801. The van der Waals surface area contributed by atoms with Crippen LogP contribution in [0.5, 0.6) is 0 Å². The monoisotopic (exact) mass is 360 g/mol. The fourth-order valence-corrected chi connectivity index (χ4v) is 3.71. The first-order chi connectivity index (χ1) is 13.1. The van der Waals surface area contributed by atoms with Gasteiger partial charge in [-0.2, -0.15) is 0 Å². The smallest absolute Gasteiger partial charge is 0.313 e. The first-order valence-corrected chi connectivity index (χ1v) is 9.09. The van der Waals surface area contributed by atoms with E-state index in [1.54, 1.807) is 12.1 Å². The summed E-state index contributed by atoms with van der Waals surface area (Å²) >= 11 is 0. The second-order valence-corrected chi connectivity index (χ2v) is 6.90. The van der Waals surface area contributed by atoms with Gasteiger partial charge in [-0.3, -0.25) is 0 Å². The molecular formula is C23H21FN2O. The van der Waals surface area contributed by atoms with Gasteiger partial charge in [-0.1, -0.05) is 48.5 Å². The number of urea groups is 1. The lowest BCUT2D eigenvalue weighted by Crippen LogP contribution is -2.43. The fraction of sp³-hybridized carbons (Fsp3) is 0.174. The maximum absolute atomic E-state index is 13.4. The molecule has 0 radical (unpaired) electrons. The van der Waals surface area contributed by atoms with E-state index in [2.05, 4.69) is 17.4 Å². The van der Waals surface area contributed by atoms with Crippen LogP contribution in [0.3, 0.4) is 0 Å². The van der Waals surface area contributed by atoms with Gasteiger partial charge in [0.25, 0.3) is 0 Å². The van der Waals surface area contributed by atoms with Crippen molar-refractivity contribution >= 4 is 11.7 Å². The number of aryl methyl sites for hydroxylation is 1. The first-order valence-electron chi connectivity index (χ1n) is 9.09. The summed E-state index contributed by atoms with van der Waals surface area (Å²) in [4.78, 5) is 14.9. The Morgan fingerprint density at radius 3 is 2.59 bits per heavy atom. The Morgan fingerprint density at radius 2 is 1.81 bits per heavy atom. The highest BCUT2D eigenvalue weighted by Gasteiger charge is 2.32. The highest BCUT2D eigenvalue weighted by Crippen LogP contribution is 2.35. The van der Waals surface area contributed by atoms with Gasteiger partial charge in [0.2, 0.25) is 0 Å². The average molecular weight is 360 g/mol. The number of rotatable bonds is 2. The number of nitrogens with zero attached hydrogens (tertiary/aromatic N) is 1. The molecule has 1 unspecified atom stereocenters. The van der Waals surface area contributed by atoms with E-state index in [1.807, 2.05) is 48.2 Å². The molecule has 0 saturated heterocycles. The summed E-state index contributed by atoms with van der Waals surface area (Å²) < 4.78 is 13.4. The second kappa shape index (κ2) is 7.23. The van der Waals surface area contributed by atoms with E-state index in [0.717, 1.165) is 28.8 Å². The van der Waals surface area contributed by atoms with Crippen molar-refractivity contribution in [1.82, 2.24) is 4.90 Å². The highest BCUT2D eigenvalue weighted by molar-refractivity contribution is 5.90. The minimum Gasteiger partial charge on any atom is -0.313 e. The van der Waals surface area contributed by atoms with Crippen LogP contribution in [0, 0.1) is 12.7 Å². The van der Waals surface area contributed by atoms with Gasteiger partial charge in [-0.25, -0.2) is 9.18 Å². The van der Waals surface area contributed by atoms with Crippen LogP contribution < -0.4 is 5.32 Å². The number of halogens is 1. The van der Waals surface area contributed by atoms with Crippen LogP contribution in [-0.4, -0.2) is 17.5 Å². The van der Waals surface area contributed by atoms with E-state index < -0.39 is 0 Å². The van der Waals surface area contributed by atoms with Crippen molar-refractivity contribution in [2.75, 3.05) is 11.9 Å². The molecule has 4 heteroatoms. The fourth-order valence-electron chi connectivity index (χ4n) is 3.71. The molecule has 0 saturated carbocycles. The maximum atomic E-state index is 13.4. The molecule has 0 spiro atoms. The van der Waals surface area contributed by atoms with Gasteiger partial charge in [0, 0.05) is 12.2 Å². The summed E-state index contributed by atoms with van der Waals surface area (Å²) in [7, 11) is 0. The van der Waals surface area contributed by atoms with Gasteiger partial charge in [0.15, 0.2) is 0 Å². The molecule has 4 rings (SSSR count). The van der Waals surface area contributed by atoms with Crippen molar-refractivity contribution in [3.05, 3.63) is 101 Å². The van der Waals surface area contributed by atoms with Crippen LogP contribution in [0.4, 0.5) is 14.9 Å². The van der Waals surface area contributed by atoms with Crippen molar-refractivity contribution < 1.29 is 9.18 Å². The lowest BCUT2D eigenvalue weighted by Gasteiger charge is -2.37. The Kier molecular flexibility index (Phi) is 4.63. The third kappa shape index (κ3) is 3.56. The summed E-state index contributed by atoms with van der Waals surface area (Å²) in [5.41, 5.74) is 5.09. The van der Waals surface area contributed by atoms with E-state index in [1.165, 1.54) is 17.7 Å². The number of anilines is 1. The van der Waals surface area contributed by atoms with Gasteiger partial charge in [-0.15, -0.1) is 0 Å². The van der Waals surface area contributed by atoms with Crippen molar-refractivity contribution in [1.29, 1.82) is 0 Å². The topological polar surface area (TPSA) is 32.3 Å². The molecule has 1 atom stereocenters. The number of carbonyl (C=O) groups excluding carboxylic acids is 1. The average Bonchev–Trinajstić information content (AvgIpc) is 2.68. The van der Waals surface area contributed by atoms with Gasteiger partial charge >= 0.3 is 6.03 Å². The predicted molar refractivity (Wildman–Crippen MR) is 105 cm³/mol. The standard InChI is InChI=1S/C23H21FN2O/c1-16-5-4-7-20(15-16)25-23(27)26-14-13-17-6-2-3-8-21(17)22(26)18-9-11-19(24)12-10-18/h2-12,15,22H,13-14H2,1H3,(H,25,27). The van der Waals surface area contributed by atoms with E-state index >= 15 is 0 Å². The summed E-state index contributed by atoms with van der Waals surface area (Å²) in [6.45, 7) is 2.60. The van der Waals surface area contributed by atoms with E-state index in [-0.39, 0.29) is 17.9 Å². The number of carbonyl (C=O) groups is 1. The predicted octanol–water partition coefficient (Wildman–Crippen LogP) is 5.31. The Labute approximate surface area is 158 Å². The number of amides is 2. The van der Waals surface area contributed by atoms with Crippen LogP contribution in [0.2, 0.25) is 0 Å². The van der Waals surface area contributed by atoms with Crippen molar-refractivity contribution in [3.8, 4) is 0 Å². The number of benzene rings is 3. The molecule has 0 aromatic heterocycles. The molecule has 1 aliphatic rings. The van der Waals surface area contributed by atoms with Crippen LogP contribution in [0.15, 0.2) is 72.8 Å². The minimum absolute atomic E-state index is 0.149. The zero-order chi connectivity index (χ0) is 18.8. The number of hydrogen-bond acceptors (Lipinski definition) is 1. The number of hydrogen-bond donors (Lipinski definition) is 1. The molecule has 1 aliphatic heterocycles. The lowest BCUT2D eigenvalue weighted by molar-refractivity contribution is 0.194. The molecular weight excluding hydrogens is 339 g/mol. The minimum atomic E-state index is -0.279. The van der Waals surface area contributed by atoms with Crippen LogP contribution in [0.25, 0.3) is 0 Å². The van der Waals surface area contributed by atoms with Gasteiger partial charge in [0.1, 0.15) is 5.82 Å². The molecule has 2 amide bonds. The SMILES string of the molecule is Cc1cccc(NC(=O)N2CCc3ccccc3C2c2ccc(F)cc2)c1. The molecule has 1 N–H and O–H groups in total. The molecule has 3 nitrogen and oxygen atoms in total. The van der Waals surface area contributed by atoms with E-state index in [9.17, 15) is 9.18 Å². The van der Waals surface area contributed by atoms with Crippen molar-refractivity contribution in [3.63, 3.8) is 0 Å². The maximum Gasteiger partial charge on any atom is 0.322 e. The Balaban J connectivity index is 1.70. The summed E-state index contributed by atoms with van der Waals surface area (Å²) in [6, 6.07) is 21.9. The van der Waals surface area contributed by atoms with Gasteiger partial charge in [0.05, 0.1) is 6.04 Å². The number of nitrogens with one attached hydrogen (secondary N) is 1. The van der Waals surface area contributed by atoms with Crippen molar-refractivity contribution in [2.45, 2.75) is 19.4 Å². The third-order valence-electron chi connectivity index (χ3n) is 5.00. The molecule has 3 aromatic carbocycles. The largest absolute Gasteiger partial charge is 0.322 e. The molecule has 0 bridgehead atoms. The molecule has 0 aliphatic carbocycles. The Hall–Kier alpha value is -3.14. The van der Waals surface area contributed by atoms with E-state index in [4.69, 9.17) is 0 Å². The van der Waals surface area contributed by atoms with E-state index in [0.29, 0.717) is 6.54 Å². The van der Waals surface area contributed by atoms with Crippen LogP contribution in [-0.2, 0) is 6.42 Å². The van der Waals surface area contributed by atoms with Crippen LogP contribution in [0.1, 0.15) is 28.3 Å². The second-order valence-electron chi connectivity index (χ2n) is 6.90. The Morgan fingerprint density at radius 1 is 1.04 bits per heavy atom. The highest BCUT2D eigenvalue weighted by atomic mass is 19.1. The molecule has 0 fully saturated rings. The molecule has 27 heavy (non-hydrogen) atoms. The number of fused-ring (bicyclic) bond motifs is 1. The van der Waals surface area contributed by atoms with Gasteiger partial charge < -0.3 is 10.2 Å². The molecule has 136 valence electrons. The zero-order valence-corrected chi connectivity index (χ0v) is 15.2. The third-order valence-corrected chi connectivity index (χ3v) is 5.00. The Bertz CT molecular complexity index is 968. The van der Waals surface area contributed by atoms with Crippen LogP contribution >= 0.6 is 0 Å². The zero-order valence-electron chi connectivity index (χ0n) is 15.2. The normalized spacial score (nSPS) is 15.9. The molecule has 1 heterocycles. The summed E-state index contributed by atoms with van der Waals surface area (Å²) in [5.74, 6) is -0.279. The first kappa shape index (κ1) is 17.3. The van der Waals surface area contributed by atoms with Crippen molar-refractivity contribution in [2.24, 2.45) is 0 Å². The molecule has 3 aromatic rings. The van der Waals surface area contributed by atoms with Gasteiger partial charge in [-0.05, 0) is 59.9 Å². The quantitative estimate of drug-likeness (QED) is 0.660. The summed E-state index contributed by atoms with van der Waals surface area (Å²) in [5, 5.41) is 3.01.